The number of carbonyl (C=O) groups excluding carboxylic acids is 2. The number of aromatic nitrogens is 2. The van der Waals surface area contributed by atoms with Crippen LogP contribution in [0, 0.1) is 0 Å². The minimum atomic E-state index is -0.309. The Bertz CT molecular complexity index is 640. The second-order valence-corrected chi connectivity index (χ2v) is 5.94. The molecule has 5 nitrogen and oxygen atoms in total. The van der Waals surface area contributed by atoms with Crippen molar-refractivity contribution in [3.05, 3.63) is 48.3 Å². The van der Waals surface area contributed by atoms with Crippen LogP contribution in [0.15, 0.2) is 47.9 Å². The summed E-state index contributed by atoms with van der Waals surface area (Å²) in [6.07, 6.45) is 3.79. The first-order valence-electron chi connectivity index (χ1n) is 6.98. The van der Waals surface area contributed by atoms with Crippen LogP contribution in [0.3, 0.4) is 0 Å². The highest BCUT2D eigenvalue weighted by molar-refractivity contribution is 8.13. The monoisotopic (exact) mass is 318 g/mol. The fraction of sp³-hybridized carbons (Fsp3) is 0.312. The molecule has 0 fully saturated rings. The average Bonchev–Trinajstić information content (AvgIpc) is 2.90. The highest BCUT2D eigenvalue weighted by Gasteiger charge is 2.16. The summed E-state index contributed by atoms with van der Waals surface area (Å²) in [7, 11) is 0. The lowest BCUT2D eigenvalue weighted by molar-refractivity contribution is -0.147. The van der Waals surface area contributed by atoms with Gasteiger partial charge in [-0.1, -0.05) is 30.3 Å². The number of carbonyl (C=O) groups is 2. The van der Waals surface area contributed by atoms with Crippen LogP contribution in [0.2, 0.25) is 0 Å². The summed E-state index contributed by atoms with van der Waals surface area (Å²) in [5.41, 5.74) is 0.957. The third-order valence-electron chi connectivity index (χ3n) is 3.02. The Balaban J connectivity index is 2.07. The fourth-order valence-electron chi connectivity index (χ4n) is 2.12. The van der Waals surface area contributed by atoms with Crippen molar-refractivity contribution in [2.24, 2.45) is 0 Å². The maximum Gasteiger partial charge on any atom is 0.303 e. The van der Waals surface area contributed by atoms with Crippen LogP contribution in [0.4, 0.5) is 0 Å². The van der Waals surface area contributed by atoms with Gasteiger partial charge in [0.05, 0.1) is 0 Å². The lowest BCUT2D eigenvalue weighted by Crippen LogP contribution is -2.12. The van der Waals surface area contributed by atoms with Crippen molar-refractivity contribution in [3.63, 3.8) is 0 Å². The molecule has 1 aromatic carbocycles. The number of esters is 1. The second kappa shape index (κ2) is 7.79. The molecule has 1 heterocycles. The van der Waals surface area contributed by atoms with Crippen molar-refractivity contribution in [1.29, 1.82) is 0 Å². The number of thioether (sulfide) groups is 1. The molecule has 1 unspecified atom stereocenters. The minimum absolute atomic E-state index is 0.00737. The average molecular weight is 318 g/mol. The zero-order valence-electron chi connectivity index (χ0n) is 12.6. The van der Waals surface area contributed by atoms with Gasteiger partial charge in [0.1, 0.15) is 6.10 Å². The molecule has 0 N–H and O–H groups in total. The van der Waals surface area contributed by atoms with E-state index in [1.807, 2.05) is 41.1 Å². The molecule has 22 heavy (non-hydrogen) atoms. The largest absolute Gasteiger partial charge is 0.458 e. The van der Waals surface area contributed by atoms with Crippen LogP contribution >= 0.6 is 11.8 Å². The van der Waals surface area contributed by atoms with Crippen LogP contribution in [0.25, 0.3) is 0 Å². The van der Waals surface area contributed by atoms with Crippen LogP contribution in [0.1, 0.15) is 31.9 Å². The van der Waals surface area contributed by atoms with Gasteiger partial charge in [-0.05, 0) is 17.3 Å². The Hall–Kier alpha value is -2.08. The molecule has 0 aliphatic rings. The van der Waals surface area contributed by atoms with E-state index in [0.29, 0.717) is 18.1 Å². The first kappa shape index (κ1) is 16.3. The molecular weight excluding hydrogens is 300 g/mol. The van der Waals surface area contributed by atoms with E-state index in [1.54, 1.807) is 6.20 Å². The predicted molar refractivity (Wildman–Crippen MR) is 84.3 cm³/mol. The molecule has 0 aliphatic carbocycles. The first-order chi connectivity index (χ1) is 10.6. The number of hydrogen-bond donors (Lipinski definition) is 0. The van der Waals surface area contributed by atoms with Crippen LogP contribution in [-0.4, -0.2) is 20.6 Å². The molecule has 2 aromatic rings. The van der Waals surface area contributed by atoms with Gasteiger partial charge in [0.25, 0.3) is 0 Å². The topological polar surface area (TPSA) is 61.2 Å². The standard InChI is InChI=1S/C16H18N2O3S/c1-12(19)21-15(14-6-4-3-5-7-14)8-10-18-11-9-17-16(18)22-13(2)20/h3-7,9,11,15H,8,10H2,1-2H3. The summed E-state index contributed by atoms with van der Waals surface area (Å²) in [4.78, 5) is 26.7. The van der Waals surface area contributed by atoms with Crippen molar-refractivity contribution in [2.75, 3.05) is 0 Å². The zero-order chi connectivity index (χ0) is 15.9. The van der Waals surface area contributed by atoms with E-state index in [9.17, 15) is 9.59 Å². The normalized spacial score (nSPS) is 11.9. The van der Waals surface area contributed by atoms with Crippen molar-refractivity contribution in [1.82, 2.24) is 9.55 Å². The number of hydrogen-bond acceptors (Lipinski definition) is 5. The van der Waals surface area contributed by atoms with Crippen LogP contribution in [-0.2, 0) is 20.9 Å². The van der Waals surface area contributed by atoms with E-state index in [4.69, 9.17) is 4.74 Å². The number of benzene rings is 1. The molecule has 0 amide bonds. The van der Waals surface area contributed by atoms with Gasteiger partial charge in [-0.15, -0.1) is 0 Å². The lowest BCUT2D eigenvalue weighted by Gasteiger charge is -2.18. The zero-order valence-corrected chi connectivity index (χ0v) is 13.4. The molecule has 0 saturated heterocycles. The van der Waals surface area contributed by atoms with E-state index in [0.717, 1.165) is 17.3 Å². The van der Waals surface area contributed by atoms with Crippen molar-refractivity contribution in [2.45, 2.75) is 38.1 Å². The van der Waals surface area contributed by atoms with Crippen LogP contribution in [0.5, 0.6) is 0 Å². The lowest BCUT2D eigenvalue weighted by atomic mass is 10.1. The van der Waals surface area contributed by atoms with E-state index in [2.05, 4.69) is 4.98 Å². The number of nitrogens with zero attached hydrogens (tertiary/aromatic N) is 2. The highest BCUT2D eigenvalue weighted by atomic mass is 32.2. The van der Waals surface area contributed by atoms with E-state index < -0.39 is 0 Å². The Morgan fingerprint density at radius 3 is 2.64 bits per heavy atom. The molecule has 6 heteroatoms. The van der Waals surface area contributed by atoms with Gasteiger partial charge in [0.15, 0.2) is 10.3 Å². The van der Waals surface area contributed by atoms with Gasteiger partial charge >= 0.3 is 5.97 Å². The Labute approximate surface area is 133 Å². The maximum absolute atomic E-state index is 11.3. The van der Waals surface area contributed by atoms with Crippen LogP contribution < -0.4 is 0 Å². The minimum Gasteiger partial charge on any atom is -0.458 e. The molecule has 0 bridgehead atoms. The third-order valence-corrected chi connectivity index (χ3v) is 3.83. The molecule has 0 aliphatic heterocycles. The van der Waals surface area contributed by atoms with Gasteiger partial charge in [-0.3, -0.25) is 9.59 Å². The summed E-state index contributed by atoms with van der Waals surface area (Å²) >= 11 is 1.10. The Morgan fingerprint density at radius 2 is 2.00 bits per heavy atom. The number of imidazole rings is 1. The van der Waals surface area contributed by atoms with Gasteiger partial charge in [-0.25, -0.2) is 4.98 Å². The number of rotatable bonds is 6. The third kappa shape index (κ3) is 4.73. The van der Waals surface area contributed by atoms with Gasteiger partial charge < -0.3 is 9.30 Å². The molecular formula is C16H18N2O3S. The van der Waals surface area contributed by atoms with Crippen molar-refractivity contribution < 1.29 is 14.3 Å². The smallest absolute Gasteiger partial charge is 0.303 e. The summed E-state index contributed by atoms with van der Waals surface area (Å²) in [6, 6.07) is 9.63. The van der Waals surface area contributed by atoms with E-state index in [-0.39, 0.29) is 17.2 Å². The number of ether oxygens (including phenoxy) is 1. The second-order valence-electron chi connectivity index (χ2n) is 4.79. The molecule has 0 radical (unpaired) electrons. The van der Waals surface area contributed by atoms with Crippen molar-refractivity contribution >= 4 is 22.8 Å². The maximum atomic E-state index is 11.3. The Morgan fingerprint density at radius 1 is 1.27 bits per heavy atom. The van der Waals surface area contributed by atoms with Gasteiger partial charge in [-0.2, -0.15) is 0 Å². The summed E-state index contributed by atoms with van der Waals surface area (Å²) in [5.74, 6) is -0.308. The quantitative estimate of drug-likeness (QED) is 0.604. The molecule has 2 rings (SSSR count). The van der Waals surface area contributed by atoms with E-state index in [1.165, 1.54) is 13.8 Å². The molecule has 1 aromatic heterocycles. The summed E-state index contributed by atoms with van der Waals surface area (Å²) < 4.78 is 7.30. The van der Waals surface area contributed by atoms with Gasteiger partial charge in [0.2, 0.25) is 0 Å². The molecule has 0 spiro atoms. The van der Waals surface area contributed by atoms with Crippen molar-refractivity contribution in [3.8, 4) is 0 Å². The molecule has 116 valence electrons. The predicted octanol–water partition coefficient (Wildman–Crippen LogP) is 3.22. The fourth-order valence-corrected chi connectivity index (χ4v) is 2.76. The summed E-state index contributed by atoms with van der Waals surface area (Å²) in [6.45, 7) is 3.53. The first-order valence-corrected chi connectivity index (χ1v) is 7.79. The molecule has 1 atom stereocenters. The highest BCUT2D eigenvalue weighted by Crippen LogP contribution is 2.24. The SMILES string of the molecule is CC(=O)OC(CCn1ccnc1SC(C)=O)c1ccccc1. The molecule has 0 saturated carbocycles. The van der Waals surface area contributed by atoms with Gasteiger partial charge in [0, 0.05) is 39.2 Å². The van der Waals surface area contributed by atoms with E-state index >= 15 is 0 Å². The summed E-state index contributed by atoms with van der Waals surface area (Å²) in [5, 5.41) is 0.647. The Kier molecular flexibility index (Phi) is 5.77. The number of aryl methyl sites for hydroxylation is 1.